The number of hydrogen-bond donors (Lipinski definition) is 0. The lowest BCUT2D eigenvalue weighted by Crippen LogP contribution is -2.26. The van der Waals surface area contributed by atoms with Gasteiger partial charge in [-0.05, 0) is 65.2 Å². The van der Waals surface area contributed by atoms with Gasteiger partial charge in [-0.3, -0.25) is 0 Å². The first-order chi connectivity index (χ1) is 17.7. The highest BCUT2D eigenvalue weighted by molar-refractivity contribution is 6.03. The fourth-order valence-electron chi connectivity index (χ4n) is 5.09. The average molecular weight is 476 g/mol. The molecule has 0 saturated heterocycles. The lowest BCUT2D eigenvalue weighted by Gasteiger charge is -2.39. The summed E-state index contributed by atoms with van der Waals surface area (Å²) in [5.41, 5.74) is 6.27. The maximum atomic E-state index is 13.9. The minimum atomic E-state index is -0.324. The molecule has 1 aliphatic rings. The highest BCUT2D eigenvalue weighted by Gasteiger charge is 2.48. The van der Waals surface area contributed by atoms with Gasteiger partial charge in [-0.15, -0.1) is 0 Å². The van der Waals surface area contributed by atoms with Crippen LogP contribution in [-0.4, -0.2) is 9.97 Å². The molecule has 2 aromatic heterocycles. The van der Waals surface area contributed by atoms with Gasteiger partial charge in [0.15, 0.2) is 11.2 Å². The Balaban J connectivity index is 1.50. The van der Waals surface area contributed by atoms with E-state index in [4.69, 9.17) is 18.8 Å². The first-order valence-corrected chi connectivity index (χ1v) is 11.6. The molecule has 6 heteroatoms. The molecule has 174 valence electrons. The van der Waals surface area contributed by atoms with Crippen molar-refractivity contribution in [3.05, 3.63) is 132 Å². The number of fused-ring (bicyclic) bond motifs is 2. The summed E-state index contributed by atoms with van der Waals surface area (Å²) in [4.78, 5) is 9.56. The summed E-state index contributed by atoms with van der Waals surface area (Å²) in [6.07, 6.45) is 0. The first kappa shape index (κ1) is 20.8. The zero-order valence-electron chi connectivity index (χ0n) is 18.9. The van der Waals surface area contributed by atoms with Crippen molar-refractivity contribution in [1.82, 2.24) is 9.97 Å². The number of benzene rings is 4. The van der Waals surface area contributed by atoms with Crippen LogP contribution in [0.1, 0.15) is 34.7 Å². The maximum Gasteiger partial charge on any atom is 0.224 e. The number of halogens is 2. The molecule has 6 aromatic rings. The van der Waals surface area contributed by atoms with Crippen LogP contribution in [0, 0.1) is 11.6 Å². The molecule has 1 aliphatic carbocycles. The molecule has 36 heavy (non-hydrogen) atoms. The fraction of sp³-hybridized carbons (Fsp3) is 0.0667. The van der Waals surface area contributed by atoms with Crippen LogP contribution in [-0.2, 0) is 0 Å². The summed E-state index contributed by atoms with van der Waals surface area (Å²) in [5, 5.41) is 0. The van der Waals surface area contributed by atoms with Gasteiger partial charge in [-0.1, -0.05) is 48.5 Å². The SMILES string of the molecule is Fc1ccc(C2=C(c3nc4ccccc4o3)[C@@H](c3ccc(F)cc3)[C@@H]2c2nc3ccccc3o2)cc1. The van der Waals surface area contributed by atoms with Crippen LogP contribution in [0.25, 0.3) is 33.3 Å². The van der Waals surface area contributed by atoms with Crippen molar-refractivity contribution in [3.8, 4) is 0 Å². The second kappa shape index (κ2) is 7.99. The van der Waals surface area contributed by atoms with Gasteiger partial charge in [0, 0.05) is 11.5 Å². The van der Waals surface area contributed by atoms with Crippen LogP contribution < -0.4 is 0 Å². The average Bonchev–Trinajstić information content (AvgIpc) is 3.49. The predicted molar refractivity (Wildman–Crippen MR) is 133 cm³/mol. The Morgan fingerprint density at radius 1 is 0.556 bits per heavy atom. The zero-order valence-corrected chi connectivity index (χ0v) is 18.9. The number of allylic oxidation sites excluding steroid dienone is 2. The van der Waals surface area contributed by atoms with Crippen molar-refractivity contribution in [3.63, 3.8) is 0 Å². The molecule has 0 amide bonds. The van der Waals surface area contributed by atoms with E-state index in [0.717, 1.165) is 33.3 Å². The quantitative estimate of drug-likeness (QED) is 0.261. The topological polar surface area (TPSA) is 52.1 Å². The summed E-state index contributed by atoms with van der Waals surface area (Å²) in [5.74, 6) is -0.203. The van der Waals surface area contributed by atoms with Crippen molar-refractivity contribution in [2.75, 3.05) is 0 Å². The molecule has 0 saturated carbocycles. The third-order valence-electron chi connectivity index (χ3n) is 6.73. The van der Waals surface area contributed by atoms with E-state index in [-0.39, 0.29) is 23.5 Å². The summed E-state index contributed by atoms with van der Waals surface area (Å²) >= 11 is 0. The Kier molecular flexibility index (Phi) is 4.61. The highest BCUT2D eigenvalue weighted by atomic mass is 19.1. The van der Waals surface area contributed by atoms with E-state index in [2.05, 4.69) is 0 Å². The number of oxazole rings is 2. The van der Waals surface area contributed by atoms with E-state index in [1.165, 1.54) is 24.3 Å². The third kappa shape index (κ3) is 3.26. The molecule has 2 heterocycles. The summed E-state index contributed by atoms with van der Waals surface area (Å²) < 4.78 is 40.1. The Bertz CT molecular complexity index is 1700. The molecule has 0 bridgehead atoms. The van der Waals surface area contributed by atoms with Crippen molar-refractivity contribution in [2.24, 2.45) is 0 Å². The smallest absolute Gasteiger partial charge is 0.224 e. The van der Waals surface area contributed by atoms with Crippen molar-refractivity contribution in [1.29, 1.82) is 0 Å². The molecule has 0 radical (unpaired) electrons. The van der Waals surface area contributed by atoms with Crippen LogP contribution in [0.15, 0.2) is 106 Å². The molecule has 2 atom stereocenters. The molecular weight excluding hydrogens is 458 g/mol. The second-order valence-corrected chi connectivity index (χ2v) is 8.85. The first-order valence-electron chi connectivity index (χ1n) is 11.6. The lowest BCUT2D eigenvalue weighted by atomic mass is 9.62. The molecule has 0 N–H and O–H groups in total. The number of para-hydroxylation sites is 4. The molecule has 0 spiro atoms. The Morgan fingerprint density at radius 2 is 1.14 bits per heavy atom. The second-order valence-electron chi connectivity index (χ2n) is 8.85. The monoisotopic (exact) mass is 476 g/mol. The van der Waals surface area contributed by atoms with E-state index in [0.29, 0.717) is 22.9 Å². The number of rotatable bonds is 4. The Hall–Kier alpha value is -4.58. The number of aromatic nitrogens is 2. The van der Waals surface area contributed by atoms with Crippen LogP contribution in [0.5, 0.6) is 0 Å². The van der Waals surface area contributed by atoms with Gasteiger partial charge >= 0.3 is 0 Å². The van der Waals surface area contributed by atoms with Crippen molar-refractivity contribution >= 4 is 33.3 Å². The van der Waals surface area contributed by atoms with Gasteiger partial charge in [0.1, 0.15) is 22.7 Å². The number of nitrogens with zero attached hydrogens (tertiary/aromatic N) is 2. The van der Waals surface area contributed by atoms with Gasteiger partial charge in [0.05, 0.1) is 5.92 Å². The predicted octanol–water partition coefficient (Wildman–Crippen LogP) is 7.74. The van der Waals surface area contributed by atoms with Crippen molar-refractivity contribution in [2.45, 2.75) is 11.8 Å². The summed E-state index contributed by atoms with van der Waals surface area (Å²) in [6.45, 7) is 0. The van der Waals surface area contributed by atoms with Gasteiger partial charge in [-0.25, -0.2) is 18.7 Å². The largest absolute Gasteiger partial charge is 0.440 e. The molecular formula is C30H18F2N2O2. The van der Waals surface area contributed by atoms with Crippen LogP contribution in [0.2, 0.25) is 0 Å². The Morgan fingerprint density at radius 3 is 1.78 bits per heavy atom. The minimum Gasteiger partial charge on any atom is -0.440 e. The van der Waals surface area contributed by atoms with Gasteiger partial charge in [-0.2, -0.15) is 0 Å². The van der Waals surface area contributed by atoms with E-state index >= 15 is 0 Å². The Labute approximate surface area is 204 Å². The van der Waals surface area contributed by atoms with E-state index in [1.54, 1.807) is 24.3 Å². The van der Waals surface area contributed by atoms with Crippen LogP contribution in [0.3, 0.4) is 0 Å². The van der Waals surface area contributed by atoms with Crippen molar-refractivity contribution < 1.29 is 17.6 Å². The standard InChI is InChI=1S/C30H18F2N2O2/c31-19-13-9-17(10-14-19)25-27(29-33-21-5-1-3-7-23(21)35-29)26(18-11-15-20(32)16-12-18)28(25)30-34-22-6-2-4-8-24(22)36-30/h1-16,25,27H/t25-,27-/m0/s1. The molecule has 4 aromatic carbocycles. The molecule has 7 rings (SSSR count). The fourth-order valence-corrected chi connectivity index (χ4v) is 5.09. The minimum absolute atomic E-state index is 0.258. The van der Waals surface area contributed by atoms with Gasteiger partial charge < -0.3 is 8.83 Å². The van der Waals surface area contributed by atoms with Gasteiger partial charge in [0.2, 0.25) is 11.8 Å². The highest BCUT2D eigenvalue weighted by Crippen LogP contribution is 2.61. The molecule has 0 fully saturated rings. The summed E-state index contributed by atoms with van der Waals surface area (Å²) in [7, 11) is 0. The summed E-state index contributed by atoms with van der Waals surface area (Å²) in [6, 6.07) is 27.9. The van der Waals surface area contributed by atoms with E-state index in [1.807, 2.05) is 48.5 Å². The van der Waals surface area contributed by atoms with E-state index in [9.17, 15) is 8.78 Å². The molecule has 4 nitrogen and oxygen atoms in total. The number of hydrogen-bond acceptors (Lipinski definition) is 4. The lowest BCUT2D eigenvalue weighted by molar-refractivity contribution is 0.476. The maximum absolute atomic E-state index is 13.9. The zero-order chi connectivity index (χ0) is 24.2. The molecule has 0 unspecified atom stereocenters. The van der Waals surface area contributed by atoms with Crippen LogP contribution in [0.4, 0.5) is 8.78 Å². The van der Waals surface area contributed by atoms with Crippen LogP contribution >= 0.6 is 0 Å². The van der Waals surface area contributed by atoms with Gasteiger partial charge in [0.25, 0.3) is 0 Å². The third-order valence-corrected chi connectivity index (χ3v) is 6.73. The normalized spacial score (nSPS) is 17.6. The molecule has 0 aliphatic heterocycles. The van der Waals surface area contributed by atoms with E-state index < -0.39 is 0 Å².